The zero-order chi connectivity index (χ0) is 17.2. The van der Waals surface area contributed by atoms with Crippen LogP contribution in [0.15, 0.2) is 54.7 Å². The smallest absolute Gasteiger partial charge is 0.256 e. The lowest BCUT2D eigenvalue weighted by Crippen LogP contribution is -2.39. The van der Waals surface area contributed by atoms with Crippen molar-refractivity contribution in [3.05, 3.63) is 71.7 Å². The summed E-state index contributed by atoms with van der Waals surface area (Å²) in [5.74, 6) is -0.0686. The van der Waals surface area contributed by atoms with Gasteiger partial charge in [-0.2, -0.15) is 0 Å². The topological polar surface area (TPSA) is 36.1 Å². The van der Waals surface area contributed by atoms with Crippen LogP contribution in [0.5, 0.6) is 0 Å². The molecule has 0 unspecified atom stereocenters. The molecular formula is C21H21FN2O. The second-order valence-corrected chi connectivity index (χ2v) is 6.78. The molecule has 0 radical (unpaired) electrons. The highest BCUT2D eigenvalue weighted by atomic mass is 19.1. The average Bonchev–Trinajstić information content (AvgIpc) is 3.05. The minimum atomic E-state index is -0.437. The maximum Gasteiger partial charge on any atom is 0.256 e. The SMILES string of the molecule is O=C(c1ccccc1F)N1CCC(Cc2c[nH]c3ccccc23)CC1. The Balaban J connectivity index is 1.40. The van der Waals surface area contributed by atoms with Crippen LogP contribution >= 0.6 is 0 Å². The van der Waals surface area contributed by atoms with Crippen molar-refractivity contribution in [2.75, 3.05) is 13.1 Å². The van der Waals surface area contributed by atoms with E-state index < -0.39 is 5.82 Å². The predicted octanol–water partition coefficient (Wildman–Crippen LogP) is 4.40. The number of piperidine rings is 1. The number of H-pyrrole nitrogens is 1. The molecule has 0 bridgehead atoms. The zero-order valence-electron chi connectivity index (χ0n) is 14.0. The number of nitrogens with one attached hydrogen (secondary N) is 1. The maximum absolute atomic E-state index is 13.8. The van der Waals surface area contributed by atoms with E-state index in [0.29, 0.717) is 19.0 Å². The van der Waals surface area contributed by atoms with E-state index in [4.69, 9.17) is 0 Å². The minimum absolute atomic E-state index is 0.178. The monoisotopic (exact) mass is 336 g/mol. The van der Waals surface area contributed by atoms with Crippen molar-refractivity contribution in [3.63, 3.8) is 0 Å². The minimum Gasteiger partial charge on any atom is -0.361 e. The van der Waals surface area contributed by atoms with E-state index in [9.17, 15) is 9.18 Å². The number of likely N-dealkylation sites (tertiary alicyclic amines) is 1. The summed E-state index contributed by atoms with van der Waals surface area (Å²) in [6, 6.07) is 14.6. The molecule has 2 aromatic carbocycles. The second kappa shape index (κ2) is 6.71. The summed E-state index contributed by atoms with van der Waals surface area (Å²) in [7, 11) is 0. The fourth-order valence-corrected chi connectivity index (χ4v) is 3.76. The van der Waals surface area contributed by atoms with E-state index in [0.717, 1.165) is 19.3 Å². The van der Waals surface area contributed by atoms with E-state index >= 15 is 0 Å². The van der Waals surface area contributed by atoms with Crippen LogP contribution < -0.4 is 0 Å². The summed E-state index contributed by atoms with van der Waals surface area (Å²) in [6.45, 7) is 1.39. The third-order valence-corrected chi connectivity index (χ3v) is 5.19. The van der Waals surface area contributed by atoms with Crippen LogP contribution in [0, 0.1) is 11.7 Å². The van der Waals surface area contributed by atoms with Gasteiger partial charge in [-0.05, 0) is 48.9 Å². The first kappa shape index (κ1) is 15.9. The van der Waals surface area contributed by atoms with Gasteiger partial charge in [0, 0.05) is 30.2 Å². The number of aromatic amines is 1. The number of amides is 1. The van der Waals surface area contributed by atoms with E-state index in [-0.39, 0.29) is 11.5 Å². The first-order valence-electron chi connectivity index (χ1n) is 8.81. The highest BCUT2D eigenvalue weighted by Gasteiger charge is 2.25. The first-order valence-corrected chi connectivity index (χ1v) is 8.81. The molecule has 1 aromatic heterocycles. The number of aromatic nitrogens is 1. The number of carbonyl (C=O) groups is 1. The van der Waals surface area contributed by atoms with Crippen molar-refractivity contribution < 1.29 is 9.18 Å². The Morgan fingerprint density at radius 2 is 1.80 bits per heavy atom. The van der Waals surface area contributed by atoms with Gasteiger partial charge in [0.2, 0.25) is 0 Å². The Kier molecular flexibility index (Phi) is 4.26. The van der Waals surface area contributed by atoms with Crippen molar-refractivity contribution in [2.24, 2.45) is 5.92 Å². The predicted molar refractivity (Wildman–Crippen MR) is 97.0 cm³/mol. The second-order valence-electron chi connectivity index (χ2n) is 6.78. The van der Waals surface area contributed by atoms with E-state index in [1.165, 1.54) is 22.5 Å². The number of hydrogen-bond donors (Lipinski definition) is 1. The molecule has 25 heavy (non-hydrogen) atoms. The summed E-state index contributed by atoms with van der Waals surface area (Å²) in [4.78, 5) is 17.6. The highest BCUT2D eigenvalue weighted by Crippen LogP contribution is 2.27. The fraction of sp³-hybridized carbons (Fsp3) is 0.286. The number of benzene rings is 2. The van der Waals surface area contributed by atoms with Gasteiger partial charge >= 0.3 is 0 Å². The lowest BCUT2D eigenvalue weighted by atomic mass is 9.90. The number of fused-ring (bicyclic) bond motifs is 1. The molecule has 1 amide bonds. The normalized spacial score (nSPS) is 15.6. The standard InChI is InChI=1S/C21H21FN2O/c22-19-7-3-1-6-18(19)21(25)24-11-9-15(10-12-24)13-16-14-23-20-8-4-2-5-17(16)20/h1-8,14-15,23H,9-13H2. The van der Waals surface area contributed by atoms with Gasteiger partial charge < -0.3 is 9.88 Å². The van der Waals surface area contributed by atoms with Crippen LogP contribution in [-0.2, 0) is 6.42 Å². The Hall–Kier alpha value is -2.62. The highest BCUT2D eigenvalue weighted by molar-refractivity contribution is 5.94. The van der Waals surface area contributed by atoms with Gasteiger partial charge in [0.05, 0.1) is 5.56 Å². The van der Waals surface area contributed by atoms with Gasteiger partial charge in [0.1, 0.15) is 5.82 Å². The molecule has 4 rings (SSSR count). The number of nitrogens with zero attached hydrogens (tertiary/aromatic N) is 1. The molecule has 0 saturated carbocycles. The summed E-state index contributed by atoms with van der Waals surface area (Å²) >= 11 is 0. The third-order valence-electron chi connectivity index (χ3n) is 5.19. The molecule has 3 nitrogen and oxygen atoms in total. The molecule has 2 heterocycles. The van der Waals surface area contributed by atoms with Crippen LogP contribution in [0.4, 0.5) is 4.39 Å². The third kappa shape index (κ3) is 3.16. The quantitative estimate of drug-likeness (QED) is 0.756. The molecule has 1 N–H and O–H groups in total. The van der Waals surface area contributed by atoms with Gasteiger partial charge in [-0.25, -0.2) is 4.39 Å². The molecule has 4 heteroatoms. The number of carbonyl (C=O) groups excluding carboxylic acids is 1. The molecular weight excluding hydrogens is 315 g/mol. The number of halogens is 1. The lowest BCUT2D eigenvalue weighted by Gasteiger charge is -2.32. The van der Waals surface area contributed by atoms with Gasteiger partial charge in [-0.15, -0.1) is 0 Å². The molecule has 0 spiro atoms. The number of rotatable bonds is 3. The van der Waals surface area contributed by atoms with Gasteiger partial charge in [-0.1, -0.05) is 30.3 Å². The molecule has 128 valence electrons. The largest absolute Gasteiger partial charge is 0.361 e. The van der Waals surface area contributed by atoms with Crippen LogP contribution in [0.3, 0.4) is 0 Å². The van der Waals surface area contributed by atoms with E-state index in [1.807, 2.05) is 6.07 Å². The van der Waals surface area contributed by atoms with Crippen molar-refractivity contribution in [1.82, 2.24) is 9.88 Å². The Morgan fingerprint density at radius 1 is 1.08 bits per heavy atom. The maximum atomic E-state index is 13.8. The zero-order valence-corrected chi connectivity index (χ0v) is 14.0. The van der Waals surface area contributed by atoms with Crippen molar-refractivity contribution in [1.29, 1.82) is 0 Å². The molecule has 0 atom stereocenters. The fourth-order valence-electron chi connectivity index (χ4n) is 3.76. The summed E-state index contributed by atoms with van der Waals surface area (Å²) in [6.07, 6.45) is 5.03. The molecule has 0 aliphatic carbocycles. The lowest BCUT2D eigenvalue weighted by molar-refractivity contribution is 0.0686. The summed E-state index contributed by atoms with van der Waals surface area (Å²) in [5, 5.41) is 1.28. The Morgan fingerprint density at radius 3 is 2.60 bits per heavy atom. The van der Waals surface area contributed by atoms with Gasteiger partial charge in [0.15, 0.2) is 0 Å². The van der Waals surface area contributed by atoms with Crippen molar-refractivity contribution in [3.8, 4) is 0 Å². The molecule has 3 aromatic rings. The first-order chi connectivity index (χ1) is 12.2. The van der Waals surface area contributed by atoms with Crippen LogP contribution in [0.2, 0.25) is 0 Å². The van der Waals surface area contributed by atoms with Crippen LogP contribution in [0.25, 0.3) is 10.9 Å². The van der Waals surface area contributed by atoms with E-state index in [2.05, 4.69) is 29.4 Å². The molecule has 1 fully saturated rings. The number of hydrogen-bond acceptors (Lipinski definition) is 1. The van der Waals surface area contributed by atoms with Crippen molar-refractivity contribution in [2.45, 2.75) is 19.3 Å². The summed E-state index contributed by atoms with van der Waals surface area (Å²) < 4.78 is 13.8. The Bertz CT molecular complexity index is 894. The van der Waals surface area contributed by atoms with E-state index in [1.54, 1.807) is 23.1 Å². The molecule has 1 aliphatic rings. The number of para-hydroxylation sites is 1. The van der Waals surface area contributed by atoms with Crippen LogP contribution in [0.1, 0.15) is 28.8 Å². The molecule has 1 aliphatic heterocycles. The van der Waals surface area contributed by atoms with Crippen molar-refractivity contribution >= 4 is 16.8 Å². The molecule has 1 saturated heterocycles. The average molecular weight is 336 g/mol. The van der Waals surface area contributed by atoms with Gasteiger partial charge in [0.25, 0.3) is 5.91 Å². The summed E-state index contributed by atoms with van der Waals surface area (Å²) in [5.41, 5.74) is 2.69. The van der Waals surface area contributed by atoms with Crippen LogP contribution in [-0.4, -0.2) is 28.9 Å². The Labute approximate surface area is 146 Å². The van der Waals surface area contributed by atoms with Gasteiger partial charge in [-0.3, -0.25) is 4.79 Å².